The van der Waals surface area contributed by atoms with Gasteiger partial charge in [-0.2, -0.15) is 5.26 Å². The Hall–Kier alpha value is -0.890. The molecule has 1 unspecified atom stereocenters. The predicted octanol–water partition coefficient (Wildman–Crippen LogP) is 1.43. The molecule has 0 radical (unpaired) electrons. The van der Waals surface area contributed by atoms with Gasteiger partial charge >= 0.3 is 0 Å². The molecule has 0 amide bonds. The molecule has 1 aromatic heterocycles. The number of nitrogens with zero attached hydrogens (tertiary/aromatic N) is 2. The molecule has 0 aromatic carbocycles. The van der Waals surface area contributed by atoms with E-state index in [2.05, 4.69) is 6.07 Å². The van der Waals surface area contributed by atoms with E-state index in [9.17, 15) is 0 Å². The largest absolute Gasteiger partial charge is 0.392 e. The van der Waals surface area contributed by atoms with Gasteiger partial charge in [0.1, 0.15) is 10.9 Å². The van der Waals surface area contributed by atoms with Crippen molar-refractivity contribution in [2.24, 2.45) is 0 Å². The third-order valence-electron chi connectivity index (χ3n) is 1.77. The van der Waals surface area contributed by atoms with Crippen molar-refractivity contribution in [3.05, 3.63) is 21.9 Å². The Balaban J connectivity index is 2.48. The Kier molecular flexibility index (Phi) is 4.08. The first-order valence-electron chi connectivity index (χ1n) is 4.47. The zero-order valence-corrected chi connectivity index (χ0v) is 9.21. The zero-order valence-electron chi connectivity index (χ0n) is 8.40. The highest BCUT2D eigenvalue weighted by Gasteiger charge is 2.05. The summed E-state index contributed by atoms with van der Waals surface area (Å²) in [5.41, 5.74) is 0. The van der Waals surface area contributed by atoms with E-state index in [1.54, 1.807) is 6.92 Å². The molecule has 0 aliphatic rings. The van der Waals surface area contributed by atoms with Crippen molar-refractivity contribution < 1.29 is 5.11 Å². The molecule has 4 heteroatoms. The lowest BCUT2D eigenvalue weighted by Gasteiger charge is -2.16. The molecule has 14 heavy (non-hydrogen) atoms. The van der Waals surface area contributed by atoms with Crippen LogP contribution in [0.1, 0.15) is 16.7 Å². The van der Waals surface area contributed by atoms with Crippen molar-refractivity contribution in [3.63, 3.8) is 0 Å². The predicted molar refractivity (Wildman–Crippen MR) is 57.0 cm³/mol. The maximum atomic E-state index is 9.16. The quantitative estimate of drug-likeness (QED) is 0.818. The highest BCUT2D eigenvalue weighted by Crippen LogP contribution is 2.16. The van der Waals surface area contributed by atoms with E-state index in [4.69, 9.17) is 10.4 Å². The van der Waals surface area contributed by atoms with Gasteiger partial charge < -0.3 is 5.11 Å². The first kappa shape index (κ1) is 11.2. The summed E-state index contributed by atoms with van der Waals surface area (Å²) in [5, 5.41) is 17.8. The molecular formula is C10H14N2OS. The zero-order chi connectivity index (χ0) is 10.6. The highest BCUT2D eigenvalue weighted by molar-refractivity contribution is 7.12. The second kappa shape index (κ2) is 5.11. The number of aliphatic hydroxyl groups excluding tert-OH is 1. The molecule has 76 valence electrons. The molecule has 0 aliphatic carbocycles. The molecular weight excluding hydrogens is 196 g/mol. The molecule has 1 rings (SSSR count). The molecule has 1 heterocycles. The molecule has 0 fully saturated rings. The van der Waals surface area contributed by atoms with Gasteiger partial charge in [-0.25, -0.2) is 0 Å². The van der Waals surface area contributed by atoms with Gasteiger partial charge in [0.2, 0.25) is 0 Å². The fraction of sp³-hybridized carbons (Fsp3) is 0.500. The van der Waals surface area contributed by atoms with Gasteiger partial charge in [-0.3, -0.25) is 4.90 Å². The van der Waals surface area contributed by atoms with Gasteiger partial charge in [0, 0.05) is 18.0 Å². The van der Waals surface area contributed by atoms with Gasteiger partial charge in [0.25, 0.3) is 0 Å². The number of rotatable bonds is 4. The number of hydrogen-bond acceptors (Lipinski definition) is 4. The Morgan fingerprint density at radius 2 is 2.36 bits per heavy atom. The third-order valence-corrected chi connectivity index (χ3v) is 2.75. The SMILES string of the molecule is CC(O)CN(C)Cc1ccc(C#N)s1. The number of hydrogen-bond donors (Lipinski definition) is 1. The lowest BCUT2D eigenvalue weighted by atomic mass is 10.3. The van der Waals surface area contributed by atoms with Crippen molar-refractivity contribution in [1.82, 2.24) is 4.90 Å². The summed E-state index contributed by atoms with van der Waals surface area (Å²) in [6, 6.07) is 5.90. The molecule has 0 bridgehead atoms. The second-order valence-corrected chi connectivity index (χ2v) is 4.59. The summed E-state index contributed by atoms with van der Waals surface area (Å²) >= 11 is 1.50. The molecule has 0 spiro atoms. The summed E-state index contributed by atoms with van der Waals surface area (Å²) < 4.78 is 0. The first-order chi connectivity index (χ1) is 6.61. The van der Waals surface area contributed by atoms with E-state index in [-0.39, 0.29) is 6.10 Å². The van der Waals surface area contributed by atoms with E-state index in [0.717, 1.165) is 16.3 Å². The minimum absolute atomic E-state index is 0.310. The highest BCUT2D eigenvalue weighted by atomic mass is 32.1. The van der Waals surface area contributed by atoms with Crippen molar-refractivity contribution in [1.29, 1.82) is 5.26 Å². The minimum Gasteiger partial charge on any atom is -0.392 e. The second-order valence-electron chi connectivity index (χ2n) is 3.42. The average molecular weight is 210 g/mol. The Morgan fingerprint density at radius 3 is 2.86 bits per heavy atom. The maximum absolute atomic E-state index is 9.16. The topological polar surface area (TPSA) is 47.3 Å². The molecule has 1 atom stereocenters. The summed E-state index contributed by atoms with van der Waals surface area (Å²) in [6.45, 7) is 3.21. The number of likely N-dealkylation sites (N-methyl/N-ethyl adjacent to an activating group) is 1. The van der Waals surface area contributed by atoms with Gasteiger partial charge in [-0.1, -0.05) is 0 Å². The van der Waals surface area contributed by atoms with Crippen LogP contribution in [0.25, 0.3) is 0 Å². The molecule has 0 aliphatic heterocycles. The van der Waals surface area contributed by atoms with E-state index < -0.39 is 0 Å². The smallest absolute Gasteiger partial charge is 0.110 e. The van der Waals surface area contributed by atoms with Gasteiger partial charge in [-0.15, -0.1) is 11.3 Å². The van der Waals surface area contributed by atoms with Gasteiger partial charge in [0.15, 0.2) is 0 Å². The molecule has 0 saturated carbocycles. The van der Waals surface area contributed by atoms with Gasteiger partial charge in [-0.05, 0) is 26.1 Å². The Morgan fingerprint density at radius 1 is 1.64 bits per heavy atom. The summed E-state index contributed by atoms with van der Waals surface area (Å²) in [5.74, 6) is 0. The lowest BCUT2D eigenvalue weighted by Crippen LogP contribution is -2.26. The van der Waals surface area contributed by atoms with Crippen LogP contribution >= 0.6 is 11.3 Å². The summed E-state index contributed by atoms with van der Waals surface area (Å²) in [7, 11) is 1.96. The van der Waals surface area contributed by atoms with Crippen LogP contribution in [-0.4, -0.2) is 29.7 Å². The fourth-order valence-electron chi connectivity index (χ4n) is 1.30. The van der Waals surface area contributed by atoms with E-state index in [0.29, 0.717) is 6.54 Å². The van der Waals surface area contributed by atoms with Crippen LogP contribution in [0, 0.1) is 11.3 Å². The van der Waals surface area contributed by atoms with Crippen LogP contribution in [0.2, 0.25) is 0 Å². The Bertz CT molecular complexity index is 327. The summed E-state index contributed by atoms with van der Waals surface area (Å²) in [6.07, 6.45) is -0.310. The standard InChI is InChI=1S/C10H14N2OS/c1-8(13)6-12(2)7-10-4-3-9(5-11)14-10/h3-4,8,13H,6-7H2,1-2H3. The minimum atomic E-state index is -0.310. The number of thiophene rings is 1. The van der Waals surface area contributed by atoms with Crippen LogP contribution in [0.3, 0.4) is 0 Å². The van der Waals surface area contributed by atoms with Gasteiger partial charge in [0.05, 0.1) is 6.10 Å². The first-order valence-corrected chi connectivity index (χ1v) is 5.29. The van der Waals surface area contributed by atoms with Crippen LogP contribution in [0.4, 0.5) is 0 Å². The van der Waals surface area contributed by atoms with E-state index in [1.807, 2.05) is 24.1 Å². The summed E-state index contributed by atoms with van der Waals surface area (Å²) in [4.78, 5) is 3.94. The van der Waals surface area contributed by atoms with Crippen LogP contribution in [0.5, 0.6) is 0 Å². The van der Waals surface area contributed by atoms with Crippen molar-refractivity contribution in [2.45, 2.75) is 19.6 Å². The van der Waals surface area contributed by atoms with Crippen LogP contribution in [0.15, 0.2) is 12.1 Å². The van der Waals surface area contributed by atoms with Crippen LogP contribution in [-0.2, 0) is 6.54 Å². The van der Waals surface area contributed by atoms with Crippen molar-refractivity contribution in [3.8, 4) is 6.07 Å². The average Bonchev–Trinajstić information content (AvgIpc) is 2.50. The maximum Gasteiger partial charge on any atom is 0.110 e. The van der Waals surface area contributed by atoms with Crippen molar-refractivity contribution >= 4 is 11.3 Å². The molecule has 0 saturated heterocycles. The number of nitriles is 1. The van der Waals surface area contributed by atoms with Crippen molar-refractivity contribution in [2.75, 3.05) is 13.6 Å². The lowest BCUT2D eigenvalue weighted by molar-refractivity contribution is 0.139. The van der Waals surface area contributed by atoms with E-state index in [1.165, 1.54) is 11.3 Å². The Labute approximate surface area is 88.2 Å². The van der Waals surface area contributed by atoms with Crippen LogP contribution < -0.4 is 0 Å². The monoisotopic (exact) mass is 210 g/mol. The molecule has 1 aromatic rings. The molecule has 1 N–H and O–H groups in total. The molecule has 3 nitrogen and oxygen atoms in total. The third kappa shape index (κ3) is 3.46. The van der Waals surface area contributed by atoms with E-state index >= 15 is 0 Å². The fourth-order valence-corrected chi connectivity index (χ4v) is 2.19. The number of aliphatic hydroxyl groups is 1. The normalized spacial score (nSPS) is 12.8.